The van der Waals surface area contributed by atoms with Crippen molar-refractivity contribution in [1.29, 1.82) is 0 Å². The first-order valence-corrected chi connectivity index (χ1v) is 7.48. The highest BCUT2D eigenvalue weighted by Gasteiger charge is 2.17. The second kappa shape index (κ2) is 9.28. The van der Waals surface area contributed by atoms with Gasteiger partial charge >= 0.3 is 0 Å². The fourth-order valence-corrected chi connectivity index (χ4v) is 2.46. The Labute approximate surface area is 116 Å². The third-order valence-electron chi connectivity index (χ3n) is 4.01. The van der Waals surface area contributed by atoms with Gasteiger partial charge in [0.25, 0.3) is 0 Å². The first-order valence-electron chi connectivity index (χ1n) is 7.48. The SMILES string of the molecule is CCC1CCN(CCOCCCC(N)C(N)=O)CC1. The summed E-state index contributed by atoms with van der Waals surface area (Å²) in [5.41, 5.74) is 10.6. The van der Waals surface area contributed by atoms with E-state index in [1.165, 1.54) is 32.4 Å². The van der Waals surface area contributed by atoms with E-state index in [2.05, 4.69) is 11.8 Å². The van der Waals surface area contributed by atoms with Gasteiger partial charge < -0.3 is 21.1 Å². The van der Waals surface area contributed by atoms with Gasteiger partial charge in [-0.15, -0.1) is 0 Å². The van der Waals surface area contributed by atoms with Gasteiger partial charge in [-0.1, -0.05) is 13.3 Å². The molecule has 5 heteroatoms. The van der Waals surface area contributed by atoms with Gasteiger partial charge in [-0.2, -0.15) is 0 Å². The van der Waals surface area contributed by atoms with Crippen LogP contribution in [0, 0.1) is 5.92 Å². The number of ether oxygens (including phenoxy) is 1. The van der Waals surface area contributed by atoms with Crippen LogP contribution in [0.1, 0.15) is 39.0 Å². The fourth-order valence-electron chi connectivity index (χ4n) is 2.46. The van der Waals surface area contributed by atoms with Gasteiger partial charge in [0.15, 0.2) is 0 Å². The second-order valence-corrected chi connectivity index (χ2v) is 5.46. The van der Waals surface area contributed by atoms with E-state index in [1.54, 1.807) is 0 Å². The van der Waals surface area contributed by atoms with Crippen molar-refractivity contribution in [2.24, 2.45) is 17.4 Å². The highest BCUT2D eigenvalue weighted by atomic mass is 16.5. The molecule has 1 rings (SSSR count). The van der Waals surface area contributed by atoms with Crippen LogP contribution in [0.3, 0.4) is 0 Å². The van der Waals surface area contributed by atoms with Crippen LogP contribution in [0.5, 0.6) is 0 Å². The maximum atomic E-state index is 10.7. The Balaban J connectivity index is 1.93. The number of likely N-dealkylation sites (tertiary alicyclic amines) is 1. The molecule has 0 spiro atoms. The van der Waals surface area contributed by atoms with Crippen LogP contribution in [0.25, 0.3) is 0 Å². The average Bonchev–Trinajstić information content (AvgIpc) is 2.42. The predicted molar refractivity (Wildman–Crippen MR) is 76.7 cm³/mol. The lowest BCUT2D eigenvalue weighted by Crippen LogP contribution is -2.37. The van der Waals surface area contributed by atoms with Crippen molar-refractivity contribution < 1.29 is 9.53 Å². The van der Waals surface area contributed by atoms with E-state index in [9.17, 15) is 4.79 Å². The number of hydrogen-bond donors (Lipinski definition) is 2. The molecule has 19 heavy (non-hydrogen) atoms. The van der Waals surface area contributed by atoms with Crippen molar-refractivity contribution in [1.82, 2.24) is 4.90 Å². The molecule has 4 N–H and O–H groups in total. The molecule has 1 aliphatic heterocycles. The molecule has 1 saturated heterocycles. The van der Waals surface area contributed by atoms with Crippen LogP contribution in [-0.2, 0) is 9.53 Å². The van der Waals surface area contributed by atoms with Crippen molar-refractivity contribution in [2.75, 3.05) is 32.8 Å². The van der Waals surface area contributed by atoms with Gasteiger partial charge in [-0.25, -0.2) is 0 Å². The molecule has 0 radical (unpaired) electrons. The average molecular weight is 271 g/mol. The molecule has 5 nitrogen and oxygen atoms in total. The number of piperidine rings is 1. The van der Waals surface area contributed by atoms with Crippen molar-refractivity contribution in [2.45, 2.75) is 45.1 Å². The summed E-state index contributed by atoms with van der Waals surface area (Å²) in [6.07, 6.45) is 5.36. The molecule has 0 aromatic carbocycles. The molecule has 0 aromatic rings. The van der Waals surface area contributed by atoms with Gasteiger partial charge in [0.1, 0.15) is 0 Å². The van der Waals surface area contributed by atoms with Crippen molar-refractivity contribution in [3.05, 3.63) is 0 Å². The molecule has 112 valence electrons. The number of amides is 1. The lowest BCUT2D eigenvalue weighted by molar-refractivity contribution is -0.119. The molecular weight excluding hydrogens is 242 g/mol. The highest BCUT2D eigenvalue weighted by molar-refractivity contribution is 5.79. The van der Waals surface area contributed by atoms with Crippen LogP contribution in [0.15, 0.2) is 0 Å². The Morgan fingerprint density at radius 2 is 2.05 bits per heavy atom. The number of nitrogens with two attached hydrogens (primary N) is 2. The third-order valence-corrected chi connectivity index (χ3v) is 4.01. The first-order chi connectivity index (χ1) is 9.13. The minimum absolute atomic E-state index is 0.432. The molecule has 0 aromatic heterocycles. The Kier molecular flexibility index (Phi) is 8.02. The van der Waals surface area contributed by atoms with E-state index in [0.717, 1.165) is 25.5 Å². The van der Waals surface area contributed by atoms with Crippen molar-refractivity contribution in [3.63, 3.8) is 0 Å². The topological polar surface area (TPSA) is 81.6 Å². The van der Waals surface area contributed by atoms with Crippen molar-refractivity contribution >= 4 is 5.91 Å². The largest absolute Gasteiger partial charge is 0.380 e. The number of carbonyl (C=O) groups is 1. The molecule has 1 atom stereocenters. The molecule has 0 saturated carbocycles. The summed E-state index contributed by atoms with van der Waals surface area (Å²) in [5.74, 6) is 0.492. The zero-order valence-corrected chi connectivity index (χ0v) is 12.1. The number of primary amides is 1. The maximum absolute atomic E-state index is 10.7. The Morgan fingerprint density at radius 1 is 1.37 bits per heavy atom. The summed E-state index contributed by atoms with van der Waals surface area (Å²) in [6, 6.07) is -0.531. The minimum Gasteiger partial charge on any atom is -0.380 e. The summed E-state index contributed by atoms with van der Waals surface area (Å²) >= 11 is 0. The Bertz CT molecular complexity index is 253. The van der Waals surface area contributed by atoms with Crippen LogP contribution < -0.4 is 11.5 Å². The molecular formula is C14H29N3O2. The predicted octanol–water partition coefficient (Wildman–Crippen LogP) is 0.718. The van der Waals surface area contributed by atoms with Gasteiger partial charge in [-0.3, -0.25) is 4.79 Å². The van der Waals surface area contributed by atoms with E-state index in [4.69, 9.17) is 16.2 Å². The molecule has 1 unspecified atom stereocenters. The molecule has 1 heterocycles. The number of hydrogen-bond acceptors (Lipinski definition) is 4. The standard InChI is InChI=1S/C14H29N3O2/c1-2-12-5-7-17(8-6-12)9-11-19-10-3-4-13(15)14(16)18/h12-13H,2-11,15H2,1H3,(H2,16,18). The summed E-state index contributed by atoms with van der Waals surface area (Å²) in [5, 5.41) is 0. The molecule has 0 aliphatic carbocycles. The minimum atomic E-state index is -0.531. The summed E-state index contributed by atoms with van der Waals surface area (Å²) < 4.78 is 5.57. The van der Waals surface area contributed by atoms with Crippen LogP contribution in [0.4, 0.5) is 0 Å². The molecule has 1 aliphatic rings. The van der Waals surface area contributed by atoms with Crippen LogP contribution >= 0.6 is 0 Å². The first kappa shape index (κ1) is 16.4. The maximum Gasteiger partial charge on any atom is 0.234 e. The smallest absolute Gasteiger partial charge is 0.234 e. The van der Waals surface area contributed by atoms with E-state index >= 15 is 0 Å². The second-order valence-electron chi connectivity index (χ2n) is 5.46. The van der Waals surface area contributed by atoms with E-state index in [0.29, 0.717) is 13.0 Å². The van der Waals surface area contributed by atoms with E-state index in [-0.39, 0.29) is 0 Å². The summed E-state index contributed by atoms with van der Waals surface area (Å²) in [6.45, 7) is 7.12. The zero-order chi connectivity index (χ0) is 14.1. The number of nitrogens with zero attached hydrogens (tertiary/aromatic N) is 1. The third kappa shape index (κ3) is 6.89. The fraction of sp³-hybridized carbons (Fsp3) is 0.929. The quantitative estimate of drug-likeness (QED) is 0.605. The lowest BCUT2D eigenvalue weighted by Gasteiger charge is -2.31. The Hall–Kier alpha value is -0.650. The zero-order valence-electron chi connectivity index (χ0n) is 12.1. The summed E-state index contributed by atoms with van der Waals surface area (Å²) in [4.78, 5) is 13.2. The monoisotopic (exact) mass is 271 g/mol. The highest BCUT2D eigenvalue weighted by Crippen LogP contribution is 2.19. The van der Waals surface area contributed by atoms with E-state index < -0.39 is 11.9 Å². The normalized spacial score (nSPS) is 19.5. The molecule has 0 bridgehead atoms. The van der Waals surface area contributed by atoms with Crippen LogP contribution in [-0.4, -0.2) is 49.7 Å². The lowest BCUT2D eigenvalue weighted by atomic mass is 9.94. The number of rotatable bonds is 9. The van der Waals surface area contributed by atoms with Gasteiger partial charge in [0.2, 0.25) is 5.91 Å². The van der Waals surface area contributed by atoms with Gasteiger partial charge in [0, 0.05) is 13.2 Å². The van der Waals surface area contributed by atoms with Gasteiger partial charge in [0.05, 0.1) is 12.6 Å². The molecule has 1 amide bonds. The Morgan fingerprint density at radius 3 is 2.63 bits per heavy atom. The molecule has 1 fully saturated rings. The summed E-state index contributed by atoms with van der Waals surface area (Å²) in [7, 11) is 0. The van der Waals surface area contributed by atoms with Crippen LogP contribution in [0.2, 0.25) is 0 Å². The van der Waals surface area contributed by atoms with Gasteiger partial charge in [-0.05, 0) is 44.7 Å². The number of carbonyl (C=O) groups excluding carboxylic acids is 1. The van der Waals surface area contributed by atoms with Crippen molar-refractivity contribution in [3.8, 4) is 0 Å². The van der Waals surface area contributed by atoms with E-state index in [1.807, 2.05) is 0 Å².